The number of hydrogen-bond acceptors (Lipinski definition) is 7. The number of carbonyl (C=O) groups is 1. The SMILES string of the molecule is COC(C)(C)COc1nc2c(s1)CCN(CCC1CCC(NC(=O)c3cccc4ncccc34)CC1)C2. The van der Waals surface area contributed by atoms with Crippen LogP contribution in [0.15, 0.2) is 36.5 Å². The van der Waals surface area contributed by atoms with Crippen LogP contribution in [0.4, 0.5) is 0 Å². The molecule has 198 valence electrons. The number of benzene rings is 1. The van der Waals surface area contributed by atoms with Crippen molar-refractivity contribution in [2.45, 2.75) is 70.6 Å². The predicted molar refractivity (Wildman–Crippen MR) is 147 cm³/mol. The molecule has 0 bridgehead atoms. The molecule has 0 unspecified atom stereocenters. The van der Waals surface area contributed by atoms with Gasteiger partial charge in [0.2, 0.25) is 0 Å². The van der Waals surface area contributed by atoms with Gasteiger partial charge < -0.3 is 14.8 Å². The van der Waals surface area contributed by atoms with Crippen LogP contribution in [0.3, 0.4) is 0 Å². The Morgan fingerprint density at radius 3 is 2.84 bits per heavy atom. The topological polar surface area (TPSA) is 76.6 Å². The highest BCUT2D eigenvalue weighted by molar-refractivity contribution is 7.13. The lowest BCUT2D eigenvalue weighted by Crippen LogP contribution is -2.38. The number of fused-ring (bicyclic) bond motifs is 2. The minimum atomic E-state index is -0.312. The zero-order valence-electron chi connectivity index (χ0n) is 22.2. The molecule has 1 aliphatic carbocycles. The van der Waals surface area contributed by atoms with E-state index >= 15 is 0 Å². The summed E-state index contributed by atoms with van der Waals surface area (Å²) < 4.78 is 11.4. The molecule has 3 heterocycles. The number of nitrogens with one attached hydrogen (secondary N) is 1. The molecule has 1 saturated carbocycles. The second-order valence-electron chi connectivity index (χ2n) is 11.0. The van der Waals surface area contributed by atoms with Crippen molar-refractivity contribution in [1.82, 2.24) is 20.2 Å². The summed E-state index contributed by atoms with van der Waals surface area (Å²) in [6.45, 7) is 7.65. The third kappa shape index (κ3) is 6.48. The highest BCUT2D eigenvalue weighted by Crippen LogP contribution is 2.32. The second-order valence-corrected chi connectivity index (χ2v) is 12.0. The molecule has 2 aromatic heterocycles. The summed E-state index contributed by atoms with van der Waals surface area (Å²) in [5.41, 5.74) is 2.44. The molecule has 0 radical (unpaired) electrons. The lowest BCUT2D eigenvalue weighted by Gasteiger charge is -2.32. The first-order chi connectivity index (χ1) is 17.9. The highest BCUT2D eigenvalue weighted by atomic mass is 32.1. The van der Waals surface area contributed by atoms with E-state index in [-0.39, 0.29) is 17.6 Å². The second kappa shape index (κ2) is 11.5. The summed E-state index contributed by atoms with van der Waals surface area (Å²) in [5, 5.41) is 4.96. The maximum Gasteiger partial charge on any atom is 0.273 e. The van der Waals surface area contributed by atoms with Crippen LogP contribution < -0.4 is 10.1 Å². The quantitative estimate of drug-likeness (QED) is 0.415. The third-order valence-corrected chi connectivity index (χ3v) is 8.88. The van der Waals surface area contributed by atoms with Gasteiger partial charge in [0, 0.05) is 48.3 Å². The van der Waals surface area contributed by atoms with Gasteiger partial charge in [-0.25, -0.2) is 4.98 Å². The summed E-state index contributed by atoms with van der Waals surface area (Å²) in [6, 6.07) is 9.87. The number of hydrogen-bond donors (Lipinski definition) is 1. The van der Waals surface area contributed by atoms with Crippen LogP contribution in [0.5, 0.6) is 5.19 Å². The maximum atomic E-state index is 13.0. The minimum absolute atomic E-state index is 0.0172. The number of carbonyl (C=O) groups excluding carboxylic acids is 1. The van der Waals surface area contributed by atoms with Gasteiger partial charge in [-0.3, -0.25) is 14.7 Å². The number of pyridine rings is 1. The lowest BCUT2D eigenvalue weighted by atomic mass is 9.84. The summed E-state index contributed by atoms with van der Waals surface area (Å²) in [4.78, 5) is 26.0. The zero-order chi connectivity index (χ0) is 25.8. The Morgan fingerprint density at radius 2 is 2.03 bits per heavy atom. The van der Waals surface area contributed by atoms with Crippen molar-refractivity contribution in [3.63, 3.8) is 0 Å². The van der Waals surface area contributed by atoms with Gasteiger partial charge in [-0.15, -0.1) is 0 Å². The fourth-order valence-electron chi connectivity index (χ4n) is 5.30. The number of ether oxygens (including phenoxy) is 2. The first kappa shape index (κ1) is 26.1. The highest BCUT2D eigenvalue weighted by Gasteiger charge is 2.26. The molecule has 2 aliphatic rings. The molecule has 0 saturated heterocycles. The van der Waals surface area contributed by atoms with Crippen molar-refractivity contribution >= 4 is 28.1 Å². The normalized spacial score (nSPS) is 20.5. The Kier molecular flexibility index (Phi) is 8.07. The summed E-state index contributed by atoms with van der Waals surface area (Å²) in [6.07, 6.45) is 8.47. The fourth-order valence-corrected chi connectivity index (χ4v) is 6.21. The molecular formula is C29H38N4O3S. The molecule has 0 spiro atoms. The molecular weight excluding hydrogens is 484 g/mol. The molecule has 7 nitrogen and oxygen atoms in total. The smallest absolute Gasteiger partial charge is 0.273 e. The van der Waals surface area contributed by atoms with Crippen LogP contribution in [-0.4, -0.2) is 59.2 Å². The molecule has 1 N–H and O–H groups in total. The molecule has 1 amide bonds. The Balaban J connectivity index is 1.06. The van der Waals surface area contributed by atoms with E-state index in [4.69, 9.17) is 14.5 Å². The average molecular weight is 523 g/mol. The van der Waals surface area contributed by atoms with Crippen molar-refractivity contribution in [3.8, 4) is 5.19 Å². The summed E-state index contributed by atoms with van der Waals surface area (Å²) >= 11 is 1.69. The molecule has 1 aliphatic heterocycles. The predicted octanol–water partition coefficient (Wildman–Crippen LogP) is 5.23. The van der Waals surface area contributed by atoms with Crippen molar-refractivity contribution < 1.29 is 14.3 Å². The van der Waals surface area contributed by atoms with Gasteiger partial charge in [0.15, 0.2) is 0 Å². The van der Waals surface area contributed by atoms with Gasteiger partial charge in [0.25, 0.3) is 11.1 Å². The van der Waals surface area contributed by atoms with Crippen LogP contribution in [0.25, 0.3) is 10.9 Å². The third-order valence-electron chi connectivity index (χ3n) is 7.81. The first-order valence-corrected chi connectivity index (χ1v) is 14.3. The summed E-state index contributed by atoms with van der Waals surface area (Å²) in [7, 11) is 1.71. The largest absolute Gasteiger partial charge is 0.467 e. The van der Waals surface area contributed by atoms with Crippen LogP contribution >= 0.6 is 11.3 Å². The Morgan fingerprint density at radius 1 is 1.19 bits per heavy atom. The molecule has 1 aromatic carbocycles. The van der Waals surface area contributed by atoms with E-state index in [9.17, 15) is 4.79 Å². The molecule has 5 rings (SSSR count). The van der Waals surface area contributed by atoms with Crippen LogP contribution in [0, 0.1) is 5.92 Å². The van der Waals surface area contributed by atoms with Gasteiger partial charge >= 0.3 is 0 Å². The fraction of sp³-hybridized carbons (Fsp3) is 0.552. The number of methoxy groups -OCH3 is 1. The number of aromatic nitrogens is 2. The molecule has 1 fully saturated rings. The van der Waals surface area contributed by atoms with E-state index in [1.165, 1.54) is 29.8 Å². The summed E-state index contributed by atoms with van der Waals surface area (Å²) in [5.74, 6) is 0.741. The van der Waals surface area contributed by atoms with E-state index in [0.717, 1.165) is 66.5 Å². The van der Waals surface area contributed by atoms with Crippen LogP contribution in [0.2, 0.25) is 0 Å². The van der Waals surface area contributed by atoms with Crippen molar-refractivity contribution in [2.24, 2.45) is 5.92 Å². The molecule has 8 heteroatoms. The van der Waals surface area contributed by atoms with Crippen molar-refractivity contribution in [1.29, 1.82) is 0 Å². The monoisotopic (exact) mass is 522 g/mol. The van der Waals surface area contributed by atoms with Crippen molar-refractivity contribution in [3.05, 3.63) is 52.7 Å². The van der Waals surface area contributed by atoms with Gasteiger partial charge in [-0.05, 0) is 83.0 Å². The van der Waals surface area contributed by atoms with E-state index in [2.05, 4.69) is 15.2 Å². The Labute approximate surface area is 223 Å². The van der Waals surface area contributed by atoms with E-state index in [1.807, 2.05) is 44.2 Å². The lowest BCUT2D eigenvalue weighted by molar-refractivity contribution is -0.0147. The zero-order valence-corrected chi connectivity index (χ0v) is 23.0. The van der Waals surface area contributed by atoms with Crippen molar-refractivity contribution in [2.75, 3.05) is 26.8 Å². The first-order valence-electron chi connectivity index (χ1n) is 13.4. The molecule has 3 aromatic rings. The van der Waals surface area contributed by atoms with Gasteiger partial charge in [0.05, 0.1) is 16.8 Å². The number of rotatable bonds is 9. The molecule has 37 heavy (non-hydrogen) atoms. The Bertz CT molecular complexity index is 1210. The standard InChI is InChI=1S/C29H38N4O3S/c1-29(2,35-3)19-36-28-32-25-18-33(17-14-26(25)37-28)16-13-20-9-11-21(12-10-20)31-27(34)23-6-4-8-24-22(23)7-5-15-30-24/h4-8,15,20-21H,9-14,16-19H2,1-3H3,(H,31,34). The Hall–Kier alpha value is -2.55. The number of thiazole rings is 1. The van der Waals surface area contributed by atoms with E-state index in [0.29, 0.717) is 6.61 Å². The van der Waals surface area contributed by atoms with Gasteiger partial charge in [-0.2, -0.15) is 0 Å². The minimum Gasteiger partial charge on any atom is -0.467 e. The van der Waals surface area contributed by atoms with Crippen LogP contribution in [0.1, 0.15) is 66.9 Å². The number of amides is 1. The number of nitrogens with zero attached hydrogens (tertiary/aromatic N) is 3. The maximum absolute atomic E-state index is 13.0. The van der Waals surface area contributed by atoms with Gasteiger partial charge in [0.1, 0.15) is 6.61 Å². The van der Waals surface area contributed by atoms with E-state index < -0.39 is 0 Å². The van der Waals surface area contributed by atoms with Crippen LogP contribution in [-0.2, 0) is 17.7 Å². The van der Waals surface area contributed by atoms with Gasteiger partial charge in [-0.1, -0.05) is 23.5 Å². The molecule has 0 atom stereocenters. The van der Waals surface area contributed by atoms with E-state index in [1.54, 1.807) is 24.6 Å². The average Bonchev–Trinajstić information content (AvgIpc) is 3.33.